The summed E-state index contributed by atoms with van der Waals surface area (Å²) in [6.07, 6.45) is 7.27. The third kappa shape index (κ3) is 2.58. The van der Waals surface area contributed by atoms with Gasteiger partial charge in [0.1, 0.15) is 5.82 Å². The van der Waals surface area contributed by atoms with Gasteiger partial charge < -0.3 is 4.57 Å². The van der Waals surface area contributed by atoms with Crippen LogP contribution < -0.4 is 0 Å². The average Bonchev–Trinajstić information content (AvgIpc) is 2.65. The van der Waals surface area contributed by atoms with E-state index in [4.69, 9.17) is 11.6 Å². The molecule has 0 aliphatic rings. The zero-order chi connectivity index (χ0) is 10.7. The first kappa shape index (κ1) is 10.6. The summed E-state index contributed by atoms with van der Waals surface area (Å²) in [5.41, 5.74) is 1.12. The molecule has 0 unspecified atom stereocenters. The van der Waals surface area contributed by atoms with Gasteiger partial charge in [-0.05, 0) is 27.6 Å². The van der Waals surface area contributed by atoms with E-state index < -0.39 is 0 Å². The third-order valence-electron chi connectivity index (χ3n) is 2.04. The van der Waals surface area contributed by atoms with Crippen molar-refractivity contribution in [1.29, 1.82) is 0 Å². The Morgan fingerprint density at radius 2 is 2.27 bits per heavy atom. The van der Waals surface area contributed by atoms with Gasteiger partial charge in [0.25, 0.3) is 0 Å². The Kier molecular flexibility index (Phi) is 3.38. The summed E-state index contributed by atoms with van der Waals surface area (Å²) < 4.78 is 2.99. The molecule has 0 aliphatic carbocycles. The van der Waals surface area contributed by atoms with Crippen molar-refractivity contribution >= 4 is 27.5 Å². The van der Waals surface area contributed by atoms with E-state index in [9.17, 15) is 0 Å². The second-order valence-corrected chi connectivity index (χ2v) is 4.30. The number of aromatic nitrogens is 3. The fraction of sp³-hybridized carbons (Fsp3) is 0.200. The normalized spacial score (nSPS) is 10.5. The molecular formula is C10H9BrClN3. The van der Waals surface area contributed by atoms with Gasteiger partial charge in [-0.25, -0.2) is 4.98 Å². The molecule has 5 heteroatoms. The molecule has 3 nitrogen and oxygen atoms in total. The first-order valence-electron chi connectivity index (χ1n) is 4.45. The smallest absolute Gasteiger partial charge is 0.123 e. The van der Waals surface area contributed by atoms with Gasteiger partial charge in [-0.15, -0.1) is 11.6 Å². The lowest BCUT2D eigenvalue weighted by Crippen LogP contribution is -2.02. The Hall–Kier alpha value is -0.870. The van der Waals surface area contributed by atoms with Crippen LogP contribution in [0.15, 0.2) is 35.3 Å². The largest absolute Gasteiger partial charge is 0.329 e. The fourth-order valence-corrected chi connectivity index (χ4v) is 1.99. The van der Waals surface area contributed by atoms with Crippen LogP contribution in [0, 0.1) is 0 Å². The van der Waals surface area contributed by atoms with Gasteiger partial charge in [-0.2, -0.15) is 0 Å². The van der Waals surface area contributed by atoms with E-state index >= 15 is 0 Å². The molecule has 0 atom stereocenters. The molecule has 0 aromatic carbocycles. The van der Waals surface area contributed by atoms with Gasteiger partial charge in [-0.1, -0.05) is 0 Å². The van der Waals surface area contributed by atoms with Crippen LogP contribution in [0.1, 0.15) is 11.4 Å². The second-order valence-electron chi connectivity index (χ2n) is 3.12. The molecule has 2 heterocycles. The second kappa shape index (κ2) is 4.77. The molecule has 15 heavy (non-hydrogen) atoms. The van der Waals surface area contributed by atoms with Crippen LogP contribution in [-0.2, 0) is 12.4 Å². The Labute approximate surface area is 101 Å². The Morgan fingerprint density at radius 3 is 3.00 bits per heavy atom. The Bertz CT molecular complexity index is 455. The topological polar surface area (TPSA) is 30.7 Å². The highest BCUT2D eigenvalue weighted by Gasteiger charge is 2.02. The molecule has 0 amide bonds. The molecule has 0 fully saturated rings. The van der Waals surface area contributed by atoms with Crippen LogP contribution in [0.2, 0.25) is 0 Å². The quantitative estimate of drug-likeness (QED) is 0.812. The molecule has 0 saturated carbocycles. The van der Waals surface area contributed by atoms with Crippen molar-refractivity contribution in [1.82, 2.24) is 14.5 Å². The Morgan fingerprint density at radius 1 is 1.40 bits per heavy atom. The monoisotopic (exact) mass is 285 g/mol. The van der Waals surface area contributed by atoms with Gasteiger partial charge in [-0.3, -0.25) is 4.98 Å². The van der Waals surface area contributed by atoms with E-state index in [1.54, 1.807) is 12.4 Å². The minimum Gasteiger partial charge on any atom is -0.329 e. The van der Waals surface area contributed by atoms with E-state index in [2.05, 4.69) is 25.9 Å². The number of imidazole rings is 1. The van der Waals surface area contributed by atoms with Gasteiger partial charge in [0.2, 0.25) is 0 Å². The molecule has 78 valence electrons. The number of pyridine rings is 1. The molecule has 0 aliphatic heterocycles. The zero-order valence-electron chi connectivity index (χ0n) is 7.90. The molecule has 0 spiro atoms. The highest BCUT2D eigenvalue weighted by atomic mass is 79.9. The summed E-state index contributed by atoms with van der Waals surface area (Å²) in [4.78, 5) is 8.26. The first-order valence-corrected chi connectivity index (χ1v) is 5.78. The third-order valence-corrected chi connectivity index (χ3v) is 2.71. The lowest BCUT2D eigenvalue weighted by atomic mass is 10.3. The molecule has 0 bridgehead atoms. The van der Waals surface area contributed by atoms with Gasteiger partial charge >= 0.3 is 0 Å². The highest BCUT2D eigenvalue weighted by molar-refractivity contribution is 9.10. The van der Waals surface area contributed by atoms with Crippen molar-refractivity contribution < 1.29 is 0 Å². The maximum Gasteiger partial charge on any atom is 0.123 e. The summed E-state index contributed by atoms with van der Waals surface area (Å²) >= 11 is 9.15. The van der Waals surface area contributed by atoms with Crippen LogP contribution in [0.5, 0.6) is 0 Å². The molecule has 2 aromatic rings. The van der Waals surface area contributed by atoms with Crippen LogP contribution in [0.25, 0.3) is 0 Å². The molecular weight excluding hydrogens is 277 g/mol. The van der Waals surface area contributed by atoms with Crippen molar-refractivity contribution in [2.75, 3.05) is 0 Å². The predicted octanol–water partition coefficient (Wildman–Crippen LogP) is 2.83. The molecule has 0 radical (unpaired) electrons. The van der Waals surface area contributed by atoms with Gasteiger partial charge in [0.15, 0.2) is 0 Å². The van der Waals surface area contributed by atoms with Crippen molar-refractivity contribution in [2.24, 2.45) is 0 Å². The number of halogens is 2. The minimum absolute atomic E-state index is 0.425. The van der Waals surface area contributed by atoms with E-state index in [1.165, 1.54) is 0 Å². The van der Waals surface area contributed by atoms with Crippen LogP contribution in [0.4, 0.5) is 0 Å². The van der Waals surface area contributed by atoms with Crippen LogP contribution in [-0.4, -0.2) is 14.5 Å². The molecule has 2 rings (SSSR count). The van der Waals surface area contributed by atoms with Gasteiger partial charge in [0, 0.05) is 29.3 Å². The van der Waals surface area contributed by atoms with E-state index in [0.29, 0.717) is 5.88 Å². The van der Waals surface area contributed by atoms with Crippen molar-refractivity contribution in [2.45, 2.75) is 12.4 Å². The summed E-state index contributed by atoms with van der Waals surface area (Å²) in [6, 6.07) is 2.03. The first-order chi connectivity index (χ1) is 7.29. The summed E-state index contributed by atoms with van der Waals surface area (Å²) in [5.74, 6) is 1.30. The predicted molar refractivity (Wildman–Crippen MR) is 62.8 cm³/mol. The van der Waals surface area contributed by atoms with E-state index in [-0.39, 0.29) is 0 Å². The average molecular weight is 287 g/mol. The maximum atomic E-state index is 5.76. The SMILES string of the molecule is ClCc1nccn1Cc1cncc(Br)c1. The van der Waals surface area contributed by atoms with Crippen molar-refractivity contribution in [3.63, 3.8) is 0 Å². The van der Waals surface area contributed by atoms with Crippen molar-refractivity contribution in [3.05, 3.63) is 46.7 Å². The van der Waals surface area contributed by atoms with Crippen molar-refractivity contribution in [3.8, 4) is 0 Å². The maximum absolute atomic E-state index is 5.76. The number of hydrogen-bond donors (Lipinski definition) is 0. The fourth-order valence-electron chi connectivity index (χ4n) is 1.35. The summed E-state index contributed by atoms with van der Waals surface area (Å²) in [5, 5.41) is 0. The lowest BCUT2D eigenvalue weighted by molar-refractivity contribution is 0.751. The standard InChI is InChI=1S/C10H9BrClN3/c11-9-3-8(5-13-6-9)7-15-2-1-14-10(15)4-12/h1-3,5-6H,4,7H2. The highest BCUT2D eigenvalue weighted by Crippen LogP contribution is 2.12. The summed E-state index contributed by atoms with van der Waals surface area (Å²) in [7, 11) is 0. The van der Waals surface area contributed by atoms with E-state index in [1.807, 2.05) is 23.0 Å². The molecule has 0 N–H and O–H groups in total. The zero-order valence-corrected chi connectivity index (χ0v) is 10.2. The number of rotatable bonds is 3. The Balaban J connectivity index is 2.22. The van der Waals surface area contributed by atoms with E-state index in [0.717, 1.165) is 22.4 Å². The van der Waals surface area contributed by atoms with Crippen LogP contribution >= 0.6 is 27.5 Å². The van der Waals surface area contributed by atoms with Gasteiger partial charge in [0.05, 0.1) is 12.4 Å². The van der Waals surface area contributed by atoms with Crippen LogP contribution in [0.3, 0.4) is 0 Å². The minimum atomic E-state index is 0.425. The number of nitrogens with zero attached hydrogens (tertiary/aromatic N) is 3. The molecule has 0 saturated heterocycles. The summed E-state index contributed by atoms with van der Waals surface area (Å²) in [6.45, 7) is 0.745. The number of hydrogen-bond acceptors (Lipinski definition) is 2. The molecule has 2 aromatic heterocycles. The number of alkyl halides is 1. The lowest BCUT2D eigenvalue weighted by Gasteiger charge is -2.05.